The van der Waals surface area contributed by atoms with E-state index in [1.54, 1.807) is 19.1 Å². The van der Waals surface area contributed by atoms with Crippen LogP contribution in [0.1, 0.15) is 77.3 Å². The van der Waals surface area contributed by atoms with Gasteiger partial charge >= 0.3 is 5.97 Å². The molecule has 12 N–H and O–H groups in total. The van der Waals surface area contributed by atoms with Crippen LogP contribution in [0.3, 0.4) is 0 Å². The number of fused-ring (bicyclic) bond motifs is 5. The van der Waals surface area contributed by atoms with Gasteiger partial charge in [0.25, 0.3) is 5.91 Å². The zero-order valence-corrected chi connectivity index (χ0v) is 35.9. The second-order valence-electron chi connectivity index (χ2n) is 16.0. The van der Waals surface area contributed by atoms with Crippen molar-refractivity contribution < 1.29 is 48.8 Å². The van der Waals surface area contributed by atoms with Crippen LogP contribution in [0, 0.1) is 6.92 Å². The van der Waals surface area contributed by atoms with Crippen molar-refractivity contribution in [1.82, 2.24) is 30.8 Å². The fourth-order valence-corrected chi connectivity index (χ4v) is 7.47. The third-order valence-corrected chi connectivity index (χ3v) is 11.4. The van der Waals surface area contributed by atoms with Crippen LogP contribution < -0.4 is 42.6 Å². The van der Waals surface area contributed by atoms with Crippen molar-refractivity contribution in [2.75, 3.05) is 45.6 Å². The zero-order valence-electron chi connectivity index (χ0n) is 35.9. The molecule has 340 valence electrons. The number of aliphatic hydroxyl groups excluding tert-OH is 1. The Labute approximate surface area is 369 Å². The molecule has 4 amide bonds. The summed E-state index contributed by atoms with van der Waals surface area (Å²) in [6.07, 6.45) is 2.65. The van der Waals surface area contributed by atoms with Crippen LogP contribution in [0.25, 0.3) is 22.5 Å². The summed E-state index contributed by atoms with van der Waals surface area (Å²) < 4.78 is 11.9. The van der Waals surface area contributed by atoms with E-state index in [1.165, 1.54) is 44.2 Å². The first-order valence-corrected chi connectivity index (χ1v) is 21.1. The molecule has 2 heterocycles. The first kappa shape index (κ1) is 46.7. The van der Waals surface area contributed by atoms with Crippen LogP contribution in [0.15, 0.2) is 54.6 Å². The zero-order chi connectivity index (χ0) is 46.2. The number of hydrogen-bond acceptors (Lipinski definition) is 14. The molecule has 2 aliphatic rings. The minimum atomic E-state index is -1.55. The number of carbonyl (C=O) groups is 5. The minimum Gasteiger partial charge on any atom is -0.504 e. The first-order valence-electron chi connectivity index (χ1n) is 21.1. The smallest absolute Gasteiger partial charge is 0.326 e. The average molecular weight is 882 g/mol. The van der Waals surface area contributed by atoms with Gasteiger partial charge in [0, 0.05) is 36.7 Å². The lowest BCUT2D eigenvalue weighted by Crippen LogP contribution is -2.53. The van der Waals surface area contributed by atoms with Crippen molar-refractivity contribution in [3.05, 3.63) is 82.5 Å². The SMILES string of the molecule is Cc1nc(-c2ccc(C3CCC3)cc2)nc(N)c1C(=O)NCC(=O)N(C)[C@@H]1C(=O)N[C@@H](C)C(=O)N[C@H](C(=O)O)Cc2ccc(OC[C@H](O)CN)c(c2)-c2cc1cc(OCCCN)c2O. The van der Waals surface area contributed by atoms with Crippen LogP contribution in [-0.2, 0) is 25.6 Å². The number of aliphatic carboxylic acids is 1. The van der Waals surface area contributed by atoms with Crippen LogP contribution in [0.2, 0.25) is 0 Å². The molecule has 1 saturated carbocycles. The number of carboxylic acid groups (broad SMARTS) is 1. The van der Waals surface area contributed by atoms with Gasteiger partial charge in [-0.15, -0.1) is 0 Å². The summed E-state index contributed by atoms with van der Waals surface area (Å²) in [6.45, 7) is 2.26. The topological polar surface area (TPSA) is 308 Å². The van der Waals surface area contributed by atoms with Gasteiger partial charge in [0.1, 0.15) is 48.0 Å². The Bertz CT molecular complexity index is 2370. The van der Waals surface area contributed by atoms with Crippen molar-refractivity contribution in [2.45, 2.75) is 76.1 Å². The van der Waals surface area contributed by atoms with E-state index in [2.05, 4.69) is 25.9 Å². The highest BCUT2D eigenvalue weighted by molar-refractivity contribution is 6.01. The lowest BCUT2D eigenvalue weighted by atomic mass is 9.80. The van der Waals surface area contributed by atoms with Crippen molar-refractivity contribution in [3.8, 4) is 39.8 Å². The molecule has 0 unspecified atom stereocenters. The van der Waals surface area contributed by atoms with Crippen molar-refractivity contribution in [1.29, 1.82) is 0 Å². The summed E-state index contributed by atoms with van der Waals surface area (Å²) in [5, 5.41) is 39.7. The number of nitrogen functional groups attached to an aromatic ring is 1. The molecule has 3 aromatic carbocycles. The van der Waals surface area contributed by atoms with Crippen LogP contribution >= 0.6 is 0 Å². The standard InChI is InChI=1S/C45H55N9O10/c1-23-37(40(48)53-41(50-23)28-11-9-27(10-12-28)26-6-4-7-26)43(59)49-21-36(56)54(3)38-29-18-32(39(57)35(19-29)63-15-5-14-46)31-16-25(8-13-34(31)64-22-30(55)20-47)17-33(45(61)62)52-42(58)24(2)51-44(38)60/h8-13,16,18-19,24,26,30,33,38,55,57H,4-7,14-15,17,20-22,46-47H2,1-3H3,(H,49,59)(H,51,60)(H,52,58)(H,61,62)(H2,48,50,53)/t24-,30+,33-,38-/m0/s1. The Hall–Kier alpha value is -6.83. The Kier molecular flexibility index (Phi) is 15.0. The highest BCUT2D eigenvalue weighted by Gasteiger charge is 2.35. The Morgan fingerprint density at radius 1 is 0.953 bits per heavy atom. The fraction of sp³-hybridized carbons (Fsp3) is 0.400. The van der Waals surface area contributed by atoms with Gasteiger partial charge in [0.15, 0.2) is 17.3 Å². The molecule has 4 atom stereocenters. The van der Waals surface area contributed by atoms with Crippen LogP contribution in [-0.4, -0.2) is 118 Å². The number of nitrogens with one attached hydrogen (secondary N) is 3. The number of rotatable bonds is 15. The molecular formula is C45H55N9O10. The molecule has 1 aliphatic carbocycles. The lowest BCUT2D eigenvalue weighted by Gasteiger charge is -2.30. The monoisotopic (exact) mass is 881 g/mol. The predicted octanol–water partition coefficient (Wildman–Crippen LogP) is 1.66. The number of phenolic OH excluding ortho intramolecular Hbond substituents is 1. The quantitative estimate of drug-likeness (QED) is 0.0767. The van der Waals surface area contributed by atoms with E-state index in [-0.39, 0.29) is 78.0 Å². The van der Waals surface area contributed by atoms with Crippen LogP contribution in [0.5, 0.6) is 17.2 Å². The van der Waals surface area contributed by atoms with Crippen molar-refractivity contribution in [2.24, 2.45) is 11.5 Å². The van der Waals surface area contributed by atoms with Crippen LogP contribution in [0.4, 0.5) is 5.82 Å². The molecule has 4 aromatic rings. The number of anilines is 1. The highest BCUT2D eigenvalue weighted by atomic mass is 16.5. The maximum atomic E-state index is 14.4. The maximum Gasteiger partial charge on any atom is 0.326 e. The van der Waals surface area contributed by atoms with E-state index < -0.39 is 66.1 Å². The molecule has 0 spiro atoms. The minimum absolute atomic E-state index is 0.0396. The molecule has 0 radical (unpaired) electrons. The van der Waals surface area contributed by atoms with E-state index >= 15 is 0 Å². The number of likely N-dealkylation sites (N-methyl/N-ethyl adjacent to an activating group) is 1. The molecule has 64 heavy (non-hydrogen) atoms. The number of amides is 4. The van der Waals surface area contributed by atoms with Crippen molar-refractivity contribution >= 4 is 35.4 Å². The number of phenols is 1. The van der Waals surface area contributed by atoms with Gasteiger partial charge in [-0.3, -0.25) is 19.2 Å². The molecule has 0 saturated heterocycles. The average Bonchev–Trinajstić information content (AvgIpc) is 3.24. The Balaban J connectivity index is 1.35. The normalized spacial score (nSPS) is 18.1. The number of ether oxygens (including phenoxy) is 2. The van der Waals surface area contributed by atoms with Gasteiger partial charge in [-0.25, -0.2) is 14.8 Å². The van der Waals surface area contributed by atoms with Gasteiger partial charge in [0.05, 0.1) is 18.8 Å². The molecule has 1 fully saturated rings. The second kappa shape index (κ2) is 20.6. The van der Waals surface area contributed by atoms with E-state index in [1.807, 2.05) is 24.3 Å². The number of aliphatic hydroxyl groups is 1. The summed E-state index contributed by atoms with van der Waals surface area (Å²) >= 11 is 0. The molecule has 1 aromatic heterocycles. The number of nitrogens with zero attached hydrogens (tertiary/aromatic N) is 3. The molecule has 6 rings (SSSR count). The largest absolute Gasteiger partial charge is 0.504 e. The van der Waals surface area contributed by atoms with E-state index in [0.717, 1.165) is 23.3 Å². The molecular weight excluding hydrogens is 827 g/mol. The summed E-state index contributed by atoms with van der Waals surface area (Å²) in [5.74, 6) is -4.13. The van der Waals surface area contributed by atoms with E-state index in [0.29, 0.717) is 23.7 Å². The summed E-state index contributed by atoms with van der Waals surface area (Å²) in [4.78, 5) is 77.8. The molecule has 19 nitrogen and oxygen atoms in total. The fourth-order valence-electron chi connectivity index (χ4n) is 7.47. The third kappa shape index (κ3) is 10.7. The number of aromatic nitrogens is 2. The highest BCUT2D eigenvalue weighted by Crippen LogP contribution is 2.45. The summed E-state index contributed by atoms with van der Waals surface area (Å²) in [7, 11) is 1.31. The molecule has 19 heteroatoms. The third-order valence-electron chi connectivity index (χ3n) is 11.4. The summed E-state index contributed by atoms with van der Waals surface area (Å²) in [5.41, 5.74) is 20.6. The van der Waals surface area contributed by atoms with Crippen molar-refractivity contribution in [3.63, 3.8) is 0 Å². The number of benzene rings is 3. The summed E-state index contributed by atoms with van der Waals surface area (Å²) in [6, 6.07) is 11.0. The number of aromatic hydroxyl groups is 1. The number of carbonyl (C=O) groups excluding carboxylic acids is 4. The Morgan fingerprint density at radius 3 is 2.33 bits per heavy atom. The number of carboxylic acids is 1. The van der Waals surface area contributed by atoms with Gasteiger partial charge < -0.3 is 62.8 Å². The van der Waals surface area contributed by atoms with Gasteiger partial charge in [-0.1, -0.05) is 36.8 Å². The van der Waals surface area contributed by atoms with Gasteiger partial charge in [-0.05, 0) is 86.5 Å². The number of aryl methyl sites for hydroxylation is 1. The van der Waals surface area contributed by atoms with Gasteiger partial charge in [-0.2, -0.15) is 0 Å². The van der Waals surface area contributed by atoms with E-state index in [4.69, 9.17) is 26.7 Å². The molecule has 4 bridgehead atoms. The maximum absolute atomic E-state index is 14.4. The van der Waals surface area contributed by atoms with Gasteiger partial charge in [0.2, 0.25) is 17.7 Å². The Morgan fingerprint density at radius 2 is 1.69 bits per heavy atom. The lowest BCUT2D eigenvalue weighted by molar-refractivity contribution is -0.142. The molecule has 1 aliphatic heterocycles. The number of nitrogens with two attached hydrogens (primary N) is 3. The first-order chi connectivity index (χ1) is 30.6. The number of hydrogen-bond donors (Lipinski definition) is 9. The predicted molar refractivity (Wildman–Crippen MR) is 235 cm³/mol. The second-order valence-corrected chi connectivity index (χ2v) is 16.0. The van der Waals surface area contributed by atoms with E-state index in [9.17, 15) is 39.3 Å².